The van der Waals surface area contributed by atoms with E-state index in [0.29, 0.717) is 12.2 Å². The Labute approximate surface area is 103 Å². The van der Waals surface area contributed by atoms with Crippen molar-refractivity contribution in [1.29, 1.82) is 0 Å². The Morgan fingerprint density at radius 1 is 1.18 bits per heavy atom. The van der Waals surface area contributed by atoms with Gasteiger partial charge in [-0.1, -0.05) is 12.1 Å². The van der Waals surface area contributed by atoms with Crippen LogP contribution in [0.4, 0.5) is 5.69 Å². The first-order valence-corrected chi connectivity index (χ1v) is 5.60. The fraction of sp³-hybridized carbons (Fsp3) is 0.462. The van der Waals surface area contributed by atoms with E-state index in [1.807, 2.05) is 56.2 Å². The molecule has 0 bridgehead atoms. The van der Waals surface area contributed by atoms with E-state index in [2.05, 4.69) is 0 Å². The summed E-state index contributed by atoms with van der Waals surface area (Å²) in [7, 11) is 7.71. The number of carbonyl (C=O) groups is 1. The molecule has 94 valence electrons. The largest absolute Gasteiger partial charge is 0.461 e. The minimum absolute atomic E-state index is 0.267. The second-order valence-electron chi connectivity index (χ2n) is 4.35. The van der Waals surface area contributed by atoms with Crippen LogP contribution in [0.15, 0.2) is 24.3 Å². The molecule has 0 aliphatic carbocycles. The van der Waals surface area contributed by atoms with E-state index < -0.39 is 0 Å². The van der Waals surface area contributed by atoms with Crippen molar-refractivity contribution in [2.45, 2.75) is 0 Å². The molecule has 0 atom stereocenters. The van der Waals surface area contributed by atoms with E-state index in [-0.39, 0.29) is 5.97 Å². The van der Waals surface area contributed by atoms with Gasteiger partial charge in [0.15, 0.2) is 0 Å². The summed E-state index contributed by atoms with van der Waals surface area (Å²) in [4.78, 5) is 15.8. The number of nitrogens with zero attached hydrogens (tertiary/aromatic N) is 2. The summed E-state index contributed by atoms with van der Waals surface area (Å²) in [6.07, 6.45) is 0. The second-order valence-corrected chi connectivity index (χ2v) is 4.35. The fourth-order valence-corrected chi connectivity index (χ4v) is 1.43. The average molecular weight is 236 g/mol. The van der Waals surface area contributed by atoms with Gasteiger partial charge in [-0.25, -0.2) is 4.79 Å². The Kier molecular flexibility index (Phi) is 4.97. The molecule has 0 unspecified atom stereocenters. The van der Waals surface area contributed by atoms with Crippen LogP contribution < -0.4 is 4.90 Å². The van der Waals surface area contributed by atoms with Crippen molar-refractivity contribution in [3.05, 3.63) is 29.8 Å². The van der Waals surface area contributed by atoms with Gasteiger partial charge in [-0.2, -0.15) is 0 Å². The molecule has 0 aliphatic heterocycles. The lowest BCUT2D eigenvalue weighted by molar-refractivity contribution is 0.0482. The van der Waals surface area contributed by atoms with Crippen LogP contribution in [0.2, 0.25) is 0 Å². The van der Waals surface area contributed by atoms with Crippen molar-refractivity contribution >= 4 is 11.7 Å². The molecule has 1 rings (SSSR count). The predicted molar refractivity (Wildman–Crippen MR) is 69.6 cm³/mol. The standard InChI is InChI=1S/C13H20N2O2/c1-14(2)9-10-17-13(16)11-7-5-6-8-12(11)15(3)4/h5-8H,9-10H2,1-4H3. The number of esters is 1. The number of anilines is 1. The van der Waals surface area contributed by atoms with Crippen molar-refractivity contribution in [3.63, 3.8) is 0 Å². The maximum absolute atomic E-state index is 11.9. The number of benzene rings is 1. The summed E-state index contributed by atoms with van der Waals surface area (Å²) in [6, 6.07) is 7.44. The smallest absolute Gasteiger partial charge is 0.340 e. The molecule has 1 aromatic carbocycles. The minimum Gasteiger partial charge on any atom is -0.461 e. The third-order valence-corrected chi connectivity index (χ3v) is 2.38. The number of hydrogen-bond acceptors (Lipinski definition) is 4. The Morgan fingerprint density at radius 3 is 2.41 bits per heavy atom. The van der Waals surface area contributed by atoms with Crippen LogP contribution in [0, 0.1) is 0 Å². The molecule has 0 fully saturated rings. The van der Waals surface area contributed by atoms with Gasteiger partial charge in [-0.15, -0.1) is 0 Å². The Morgan fingerprint density at radius 2 is 1.82 bits per heavy atom. The Hall–Kier alpha value is -1.55. The van der Waals surface area contributed by atoms with E-state index in [9.17, 15) is 4.79 Å². The molecule has 0 aliphatic rings. The molecular weight excluding hydrogens is 216 g/mol. The molecule has 4 heteroatoms. The van der Waals surface area contributed by atoms with E-state index in [1.165, 1.54) is 0 Å². The topological polar surface area (TPSA) is 32.8 Å². The maximum atomic E-state index is 11.9. The molecule has 0 saturated carbocycles. The Balaban J connectivity index is 2.68. The summed E-state index contributed by atoms with van der Waals surface area (Å²) < 4.78 is 5.22. The van der Waals surface area contributed by atoms with Gasteiger partial charge in [0, 0.05) is 20.6 Å². The molecule has 0 aromatic heterocycles. The highest BCUT2D eigenvalue weighted by Gasteiger charge is 2.13. The van der Waals surface area contributed by atoms with Gasteiger partial charge >= 0.3 is 5.97 Å². The lowest BCUT2D eigenvalue weighted by atomic mass is 10.1. The van der Waals surface area contributed by atoms with Gasteiger partial charge < -0.3 is 14.5 Å². The first-order valence-electron chi connectivity index (χ1n) is 5.60. The molecular formula is C13H20N2O2. The van der Waals surface area contributed by atoms with E-state index in [0.717, 1.165) is 12.2 Å². The molecule has 0 amide bonds. The van der Waals surface area contributed by atoms with Crippen molar-refractivity contribution in [2.24, 2.45) is 0 Å². The zero-order valence-electron chi connectivity index (χ0n) is 10.9. The van der Waals surface area contributed by atoms with Crippen molar-refractivity contribution in [3.8, 4) is 0 Å². The van der Waals surface area contributed by atoms with E-state index >= 15 is 0 Å². The minimum atomic E-state index is -0.267. The number of para-hydroxylation sites is 1. The van der Waals surface area contributed by atoms with Crippen molar-refractivity contribution < 1.29 is 9.53 Å². The second kappa shape index (κ2) is 6.25. The number of rotatable bonds is 5. The predicted octanol–water partition coefficient (Wildman–Crippen LogP) is 1.47. The summed E-state index contributed by atoms with van der Waals surface area (Å²) in [5, 5.41) is 0. The third-order valence-electron chi connectivity index (χ3n) is 2.38. The summed E-state index contributed by atoms with van der Waals surface area (Å²) >= 11 is 0. The van der Waals surface area contributed by atoms with E-state index in [4.69, 9.17) is 4.74 Å². The molecule has 4 nitrogen and oxygen atoms in total. The first-order chi connectivity index (χ1) is 8.02. The lowest BCUT2D eigenvalue weighted by Crippen LogP contribution is -2.21. The normalized spacial score (nSPS) is 10.4. The first kappa shape index (κ1) is 13.5. The number of likely N-dealkylation sites (N-methyl/N-ethyl adjacent to an activating group) is 1. The highest BCUT2D eigenvalue weighted by atomic mass is 16.5. The highest BCUT2D eigenvalue weighted by Crippen LogP contribution is 2.18. The van der Waals surface area contributed by atoms with Gasteiger partial charge in [0.1, 0.15) is 6.61 Å². The molecule has 1 aromatic rings. The van der Waals surface area contributed by atoms with Gasteiger partial charge in [-0.3, -0.25) is 0 Å². The highest BCUT2D eigenvalue weighted by molar-refractivity contribution is 5.95. The van der Waals surface area contributed by atoms with Gasteiger partial charge in [0.25, 0.3) is 0 Å². The SMILES string of the molecule is CN(C)CCOC(=O)c1ccccc1N(C)C. The zero-order valence-corrected chi connectivity index (χ0v) is 10.9. The van der Waals surface area contributed by atoms with Crippen LogP contribution in [0.1, 0.15) is 10.4 Å². The quantitative estimate of drug-likeness (QED) is 0.725. The van der Waals surface area contributed by atoms with Crippen LogP contribution in [0.5, 0.6) is 0 Å². The molecule has 0 N–H and O–H groups in total. The van der Waals surface area contributed by atoms with Crippen molar-refractivity contribution in [2.75, 3.05) is 46.2 Å². The lowest BCUT2D eigenvalue weighted by Gasteiger charge is -2.17. The fourth-order valence-electron chi connectivity index (χ4n) is 1.43. The molecule has 0 spiro atoms. The van der Waals surface area contributed by atoms with Crippen LogP contribution in [-0.4, -0.2) is 52.2 Å². The van der Waals surface area contributed by atoms with Crippen molar-refractivity contribution in [1.82, 2.24) is 4.90 Å². The summed E-state index contributed by atoms with van der Waals surface area (Å²) in [5.41, 5.74) is 1.48. The molecule has 0 radical (unpaired) electrons. The van der Waals surface area contributed by atoms with Crippen LogP contribution in [0.25, 0.3) is 0 Å². The Bertz CT molecular complexity index is 375. The molecule has 0 saturated heterocycles. The monoisotopic (exact) mass is 236 g/mol. The van der Waals surface area contributed by atoms with Crippen LogP contribution in [-0.2, 0) is 4.74 Å². The van der Waals surface area contributed by atoms with Gasteiger partial charge in [0.05, 0.1) is 11.3 Å². The van der Waals surface area contributed by atoms with E-state index in [1.54, 1.807) is 6.07 Å². The maximum Gasteiger partial charge on any atom is 0.340 e. The summed E-state index contributed by atoms with van der Waals surface area (Å²) in [5.74, 6) is -0.267. The van der Waals surface area contributed by atoms with Gasteiger partial charge in [-0.05, 0) is 26.2 Å². The van der Waals surface area contributed by atoms with Gasteiger partial charge in [0.2, 0.25) is 0 Å². The zero-order chi connectivity index (χ0) is 12.8. The number of carbonyl (C=O) groups excluding carboxylic acids is 1. The van der Waals surface area contributed by atoms with Crippen LogP contribution >= 0.6 is 0 Å². The third kappa shape index (κ3) is 4.07. The average Bonchev–Trinajstić information content (AvgIpc) is 2.28. The number of hydrogen-bond donors (Lipinski definition) is 0. The summed E-state index contributed by atoms with van der Waals surface area (Å²) in [6.45, 7) is 1.14. The number of ether oxygens (including phenoxy) is 1. The van der Waals surface area contributed by atoms with Crippen LogP contribution in [0.3, 0.4) is 0 Å². The molecule has 0 heterocycles. The molecule has 17 heavy (non-hydrogen) atoms.